The Morgan fingerprint density at radius 3 is 2.48 bits per heavy atom. The van der Waals surface area contributed by atoms with Gasteiger partial charge in [0.1, 0.15) is 0 Å². The summed E-state index contributed by atoms with van der Waals surface area (Å²) in [4.78, 5) is 18.1. The third kappa shape index (κ3) is 4.04. The summed E-state index contributed by atoms with van der Waals surface area (Å²) in [5, 5.41) is -0.181. The normalized spacial score (nSPS) is 24.7. The summed E-state index contributed by atoms with van der Waals surface area (Å²) in [5.41, 5.74) is -0.344. The van der Waals surface area contributed by atoms with Crippen LogP contribution in [-0.4, -0.2) is 42.3 Å². The summed E-state index contributed by atoms with van der Waals surface area (Å²) >= 11 is 1.12. The van der Waals surface area contributed by atoms with E-state index in [4.69, 9.17) is 0 Å². The number of amidine groups is 1. The van der Waals surface area contributed by atoms with E-state index in [1.807, 2.05) is 0 Å². The Morgan fingerprint density at radius 2 is 1.79 bits per heavy atom. The molecule has 1 amide bonds. The van der Waals surface area contributed by atoms with E-state index in [-0.39, 0.29) is 22.4 Å². The number of hydrogen-bond donors (Lipinski definition) is 0. The van der Waals surface area contributed by atoms with Crippen molar-refractivity contribution in [2.45, 2.75) is 17.5 Å². The number of sulfone groups is 1. The second-order valence-electron chi connectivity index (χ2n) is 6.78. The number of fused-ring (bicyclic) bond motifs is 1. The van der Waals surface area contributed by atoms with Gasteiger partial charge in [-0.2, -0.15) is 18.2 Å². The Balaban J connectivity index is 1.76. The van der Waals surface area contributed by atoms with E-state index in [2.05, 4.69) is 4.99 Å². The summed E-state index contributed by atoms with van der Waals surface area (Å²) in [6.07, 6.45) is -4.54. The lowest BCUT2D eigenvalue weighted by Crippen LogP contribution is -2.37. The van der Waals surface area contributed by atoms with E-state index < -0.39 is 38.8 Å². The Labute approximate surface area is 169 Å². The van der Waals surface area contributed by atoms with Crippen LogP contribution in [0.5, 0.6) is 0 Å². The van der Waals surface area contributed by atoms with Gasteiger partial charge in [0.25, 0.3) is 5.91 Å². The Morgan fingerprint density at radius 1 is 1.07 bits per heavy atom. The quantitative estimate of drug-likeness (QED) is 0.714. The van der Waals surface area contributed by atoms with Gasteiger partial charge in [0.2, 0.25) is 0 Å². The molecule has 10 heteroatoms. The Bertz CT molecular complexity index is 1090. The van der Waals surface area contributed by atoms with Crippen LogP contribution in [-0.2, 0) is 16.0 Å². The van der Waals surface area contributed by atoms with E-state index in [9.17, 15) is 26.4 Å². The second-order valence-corrected chi connectivity index (χ2v) is 10.1. The van der Waals surface area contributed by atoms with Crippen molar-refractivity contribution in [3.8, 4) is 0 Å². The van der Waals surface area contributed by atoms with E-state index in [1.165, 1.54) is 17.0 Å². The zero-order valence-electron chi connectivity index (χ0n) is 14.8. The highest BCUT2D eigenvalue weighted by molar-refractivity contribution is 8.16. The highest BCUT2D eigenvalue weighted by Crippen LogP contribution is 2.42. The molecule has 2 aliphatic rings. The number of benzene rings is 2. The molecule has 152 valence electrons. The van der Waals surface area contributed by atoms with Crippen LogP contribution in [0.25, 0.3) is 0 Å². The predicted molar refractivity (Wildman–Crippen MR) is 106 cm³/mol. The third-order valence-electron chi connectivity index (χ3n) is 4.74. The van der Waals surface area contributed by atoms with Crippen molar-refractivity contribution < 1.29 is 26.4 Å². The monoisotopic (exact) mass is 440 g/mol. The maximum atomic E-state index is 13.2. The van der Waals surface area contributed by atoms with Gasteiger partial charge in [0.05, 0.1) is 23.1 Å². The van der Waals surface area contributed by atoms with Crippen molar-refractivity contribution in [1.29, 1.82) is 0 Å². The smallest absolute Gasteiger partial charge is 0.316 e. The maximum absolute atomic E-state index is 13.2. The van der Waals surface area contributed by atoms with Crippen LogP contribution in [0.15, 0.2) is 59.6 Å². The van der Waals surface area contributed by atoms with Crippen molar-refractivity contribution in [1.82, 2.24) is 0 Å². The molecule has 0 spiro atoms. The van der Waals surface area contributed by atoms with Gasteiger partial charge in [0, 0.05) is 16.5 Å². The number of anilines is 1. The van der Waals surface area contributed by atoms with Gasteiger partial charge in [-0.05, 0) is 30.3 Å². The topological polar surface area (TPSA) is 66.8 Å². The van der Waals surface area contributed by atoms with Crippen molar-refractivity contribution in [3.05, 3.63) is 65.7 Å². The van der Waals surface area contributed by atoms with Gasteiger partial charge in [-0.25, -0.2) is 8.42 Å². The van der Waals surface area contributed by atoms with Crippen LogP contribution in [0.4, 0.5) is 18.9 Å². The fourth-order valence-electron chi connectivity index (χ4n) is 3.43. The van der Waals surface area contributed by atoms with Crippen molar-refractivity contribution in [2.75, 3.05) is 16.4 Å². The van der Waals surface area contributed by atoms with E-state index in [0.29, 0.717) is 5.56 Å². The van der Waals surface area contributed by atoms with Gasteiger partial charge in [-0.15, -0.1) is 0 Å². The van der Waals surface area contributed by atoms with E-state index >= 15 is 0 Å². The fourth-order valence-corrected chi connectivity index (χ4v) is 7.34. The van der Waals surface area contributed by atoms with Crippen LogP contribution in [0, 0.1) is 0 Å². The number of aliphatic imine (C=N–C) groups is 1. The summed E-state index contributed by atoms with van der Waals surface area (Å²) in [6, 6.07) is 12.3. The molecule has 2 atom stereocenters. The molecule has 29 heavy (non-hydrogen) atoms. The van der Waals surface area contributed by atoms with Crippen LogP contribution in [0.2, 0.25) is 0 Å². The summed E-state index contributed by atoms with van der Waals surface area (Å²) < 4.78 is 63.7. The lowest BCUT2D eigenvalue weighted by molar-refractivity contribution is -0.137. The molecular formula is C19H15F3N2O3S2. The number of carbonyl (C=O) groups excluding carboxylic acids is 1. The Kier molecular flexibility index (Phi) is 4.94. The maximum Gasteiger partial charge on any atom is 0.416 e. The number of halogens is 3. The largest absolute Gasteiger partial charge is 0.416 e. The molecule has 0 aliphatic carbocycles. The minimum absolute atomic E-state index is 0.101. The molecule has 2 fully saturated rings. The fraction of sp³-hybridized carbons (Fsp3) is 0.263. The van der Waals surface area contributed by atoms with Crippen LogP contribution < -0.4 is 4.90 Å². The molecule has 2 aliphatic heterocycles. The van der Waals surface area contributed by atoms with Gasteiger partial charge in [-0.1, -0.05) is 36.0 Å². The first-order valence-corrected chi connectivity index (χ1v) is 11.4. The molecule has 0 unspecified atom stereocenters. The highest BCUT2D eigenvalue weighted by atomic mass is 32.2. The van der Waals surface area contributed by atoms with Gasteiger partial charge in [-0.3, -0.25) is 4.79 Å². The minimum Gasteiger partial charge on any atom is -0.316 e. The Hall–Kier alpha value is -2.33. The molecule has 2 heterocycles. The zero-order chi connectivity index (χ0) is 20.8. The van der Waals surface area contributed by atoms with Gasteiger partial charge < -0.3 is 4.90 Å². The first-order valence-electron chi connectivity index (χ1n) is 8.66. The molecule has 4 rings (SSSR count). The second kappa shape index (κ2) is 7.17. The SMILES string of the molecule is O=C(N=C1S[C@@H]2CS(=O)(=O)C[C@H]2N1c1cccc(C(F)(F)F)c1)c1ccccc1. The predicted octanol–water partition coefficient (Wildman–Crippen LogP) is 3.62. The number of amides is 1. The van der Waals surface area contributed by atoms with Crippen molar-refractivity contribution in [2.24, 2.45) is 4.99 Å². The molecule has 2 aromatic carbocycles. The number of hydrogen-bond acceptors (Lipinski definition) is 4. The number of nitrogens with zero attached hydrogens (tertiary/aromatic N) is 2. The highest BCUT2D eigenvalue weighted by Gasteiger charge is 2.49. The summed E-state index contributed by atoms with van der Waals surface area (Å²) in [6.45, 7) is 0. The first-order chi connectivity index (χ1) is 13.6. The summed E-state index contributed by atoms with van der Waals surface area (Å²) in [5.74, 6) is -0.830. The zero-order valence-corrected chi connectivity index (χ0v) is 16.5. The van der Waals surface area contributed by atoms with E-state index in [0.717, 1.165) is 23.9 Å². The standard InChI is InChI=1S/C19H15F3N2O3S2/c20-19(21,22)13-7-4-8-14(9-13)24-15-10-29(26,27)11-16(15)28-18(24)23-17(25)12-5-2-1-3-6-12/h1-9,15-16H,10-11H2/t15-,16-/m1/s1. The average molecular weight is 440 g/mol. The van der Waals surface area contributed by atoms with Gasteiger partial charge >= 0.3 is 6.18 Å². The van der Waals surface area contributed by atoms with E-state index in [1.54, 1.807) is 30.3 Å². The molecule has 0 radical (unpaired) electrons. The average Bonchev–Trinajstić information content (AvgIpc) is 3.12. The van der Waals surface area contributed by atoms with Crippen LogP contribution >= 0.6 is 11.8 Å². The molecule has 0 aromatic heterocycles. The number of thioether (sulfide) groups is 1. The molecule has 0 bridgehead atoms. The van der Waals surface area contributed by atoms with Crippen molar-refractivity contribution >= 4 is 38.4 Å². The molecular weight excluding hydrogens is 425 g/mol. The number of rotatable bonds is 2. The molecule has 2 aromatic rings. The van der Waals surface area contributed by atoms with Crippen LogP contribution in [0.1, 0.15) is 15.9 Å². The third-order valence-corrected chi connectivity index (χ3v) is 7.95. The lowest BCUT2D eigenvalue weighted by atomic mass is 10.1. The van der Waals surface area contributed by atoms with Crippen molar-refractivity contribution in [3.63, 3.8) is 0 Å². The summed E-state index contributed by atoms with van der Waals surface area (Å²) in [7, 11) is -3.31. The molecule has 0 N–H and O–H groups in total. The minimum atomic E-state index is -4.54. The van der Waals surface area contributed by atoms with Gasteiger partial charge in [0.15, 0.2) is 15.0 Å². The molecule has 5 nitrogen and oxygen atoms in total. The first kappa shape index (κ1) is 20.0. The number of alkyl halides is 3. The molecule has 2 saturated heterocycles. The molecule has 0 saturated carbocycles. The lowest BCUT2D eigenvalue weighted by Gasteiger charge is -2.25. The number of carbonyl (C=O) groups is 1. The van der Waals surface area contributed by atoms with Crippen LogP contribution in [0.3, 0.4) is 0 Å².